The summed E-state index contributed by atoms with van der Waals surface area (Å²) in [7, 11) is 0. The molecule has 1 amide bonds. The Labute approximate surface area is 128 Å². The number of nitro groups is 1. The summed E-state index contributed by atoms with van der Waals surface area (Å²) in [5.74, 6) is -0.460. The van der Waals surface area contributed by atoms with E-state index in [1.807, 2.05) is 0 Å². The predicted molar refractivity (Wildman–Crippen MR) is 80.1 cm³/mol. The molecule has 0 radical (unpaired) electrons. The highest BCUT2D eigenvalue weighted by Gasteiger charge is 2.11. The number of aromatic nitrogens is 1. The van der Waals surface area contributed by atoms with Crippen molar-refractivity contribution in [3.05, 3.63) is 68.4 Å². The van der Waals surface area contributed by atoms with Crippen molar-refractivity contribution in [2.45, 2.75) is 0 Å². The van der Waals surface area contributed by atoms with Gasteiger partial charge in [0.2, 0.25) is 0 Å². The summed E-state index contributed by atoms with van der Waals surface area (Å²) in [6.07, 6.45) is 2.82. The number of carbonyl (C=O) groups is 1. The van der Waals surface area contributed by atoms with E-state index in [4.69, 9.17) is 0 Å². The van der Waals surface area contributed by atoms with E-state index in [2.05, 4.69) is 31.4 Å². The third-order valence-electron chi connectivity index (χ3n) is 2.44. The first-order chi connectivity index (χ1) is 10.1. The minimum Gasteiger partial charge on any atom is -0.266 e. The van der Waals surface area contributed by atoms with E-state index in [9.17, 15) is 14.9 Å². The van der Waals surface area contributed by atoms with Gasteiger partial charge in [-0.15, -0.1) is 0 Å². The molecule has 8 heteroatoms. The molecular weight excluding hydrogens is 340 g/mol. The van der Waals surface area contributed by atoms with Crippen LogP contribution in [-0.2, 0) is 0 Å². The SMILES string of the molecule is O=C(N/N=C\c1ccc(Br)c([N+](=O)[O-])c1)c1ccccn1. The number of halogens is 1. The lowest BCUT2D eigenvalue weighted by Crippen LogP contribution is -2.18. The lowest BCUT2D eigenvalue weighted by atomic mass is 10.2. The van der Waals surface area contributed by atoms with Crippen molar-refractivity contribution in [1.29, 1.82) is 0 Å². The molecule has 0 aliphatic heterocycles. The van der Waals surface area contributed by atoms with Gasteiger partial charge in [0.15, 0.2) is 0 Å². The van der Waals surface area contributed by atoms with Crippen LogP contribution in [-0.4, -0.2) is 22.0 Å². The van der Waals surface area contributed by atoms with Crippen LogP contribution in [0.15, 0.2) is 52.2 Å². The molecule has 0 bridgehead atoms. The van der Waals surface area contributed by atoms with Crippen molar-refractivity contribution >= 4 is 33.7 Å². The smallest absolute Gasteiger partial charge is 0.266 e. The zero-order valence-corrected chi connectivity index (χ0v) is 12.1. The van der Waals surface area contributed by atoms with Crippen LogP contribution < -0.4 is 5.43 Å². The molecule has 0 aliphatic rings. The second kappa shape index (κ2) is 6.71. The maximum atomic E-state index is 11.7. The summed E-state index contributed by atoms with van der Waals surface area (Å²) in [4.78, 5) is 25.8. The second-order valence-electron chi connectivity index (χ2n) is 3.88. The fourth-order valence-corrected chi connectivity index (χ4v) is 1.86. The number of hydrogen-bond donors (Lipinski definition) is 1. The first kappa shape index (κ1) is 14.8. The molecule has 106 valence electrons. The van der Waals surface area contributed by atoms with Crippen LogP contribution in [0, 0.1) is 10.1 Å². The number of nitro benzene ring substituents is 1. The molecule has 0 saturated carbocycles. The van der Waals surface area contributed by atoms with Gasteiger partial charge in [0.05, 0.1) is 15.6 Å². The quantitative estimate of drug-likeness (QED) is 0.521. The van der Waals surface area contributed by atoms with Crippen LogP contribution in [0.25, 0.3) is 0 Å². The molecule has 7 nitrogen and oxygen atoms in total. The Morgan fingerprint density at radius 3 is 2.86 bits per heavy atom. The van der Waals surface area contributed by atoms with E-state index < -0.39 is 10.8 Å². The second-order valence-corrected chi connectivity index (χ2v) is 4.74. The monoisotopic (exact) mass is 348 g/mol. The Bertz CT molecular complexity index is 704. The van der Waals surface area contributed by atoms with Gasteiger partial charge in [-0.2, -0.15) is 5.10 Å². The van der Waals surface area contributed by atoms with Gasteiger partial charge in [-0.1, -0.05) is 12.1 Å². The average Bonchev–Trinajstić information content (AvgIpc) is 2.49. The summed E-state index contributed by atoms with van der Waals surface area (Å²) >= 11 is 3.09. The number of rotatable bonds is 4. The van der Waals surface area contributed by atoms with Crippen molar-refractivity contribution in [3.8, 4) is 0 Å². The highest BCUT2D eigenvalue weighted by molar-refractivity contribution is 9.10. The van der Waals surface area contributed by atoms with Gasteiger partial charge in [-0.05, 0) is 34.1 Å². The van der Waals surface area contributed by atoms with E-state index in [1.165, 1.54) is 18.5 Å². The molecule has 0 unspecified atom stereocenters. The first-order valence-electron chi connectivity index (χ1n) is 5.76. The lowest BCUT2D eigenvalue weighted by molar-refractivity contribution is -0.385. The van der Waals surface area contributed by atoms with Crippen LogP contribution in [0.1, 0.15) is 16.1 Å². The number of nitrogens with zero attached hydrogens (tertiary/aromatic N) is 3. The Balaban J connectivity index is 2.07. The third kappa shape index (κ3) is 3.93. The fourth-order valence-electron chi connectivity index (χ4n) is 1.47. The molecule has 0 fully saturated rings. The van der Waals surface area contributed by atoms with Gasteiger partial charge in [0, 0.05) is 17.8 Å². The first-order valence-corrected chi connectivity index (χ1v) is 6.55. The molecule has 2 aromatic rings. The number of hydrazone groups is 1. The van der Waals surface area contributed by atoms with Crippen molar-refractivity contribution in [2.24, 2.45) is 5.10 Å². The summed E-state index contributed by atoms with van der Waals surface area (Å²) in [6.45, 7) is 0. The topological polar surface area (TPSA) is 97.5 Å². The van der Waals surface area contributed by atoms with Crippen LogP contribution in [0.3, 0.4) is 0 Å². The molecular formula is C13H9BrN4O3. The van der Waals surface area contributed by atoms with Crippen LogP contribution in [0.4, 0.5) is 5.69 Å². The van der Waals surface area contributed by atoms with E-state index >= 15 is 0 Å². The van der Waals surface area contributed by atoms with Crippen LogP contribution in [0.5, 0.6) is 0 Å². The van der Waals surface area contributed by atoms with Crippen LogP contribution >= 0.6 is 15.9 Å². The number of pyridine rings is 1. The number of hydrogen-bond acceptors (Lipinski definition) is 5. The summed E-state index contributed by atoms with van der Waals surface area (Å²) in [6, 6.07) is 9.45. The number of benzene rings is 1. The highest BCUT2D eigenvalue weighted by Crippen LogP contribution is 2.24. The highest BCUT2D eigenvalue weighted by atomic mass is 79.9. The van der Waals surface area contributed by atoms with Gasteiger partial charge in [0.25, 0.3) is 11.6 Å². The largest absolute Gasteiger partial charge is 0.289 e. The summed E-state index contributed by atoms with van der Waals surface area (Å²) in [5, 5.41) is 14.5. The number of carbonyl (C=O) groups excluding carboxylic acids is 1. The lowest BCUT2D eigenvalue weighted by Gasteiger charge is -1.99. The Hall–Kier alpha value is -2.61. The molecule has 1 aromatic heterocycles. The molecule has 1 N–H and O–H groups in total. The normalized spacial score (nSPS) is 10.5. The van der Waals surface area contributed by atoms with Crippen molar-refractivity contribution in [2.75, 3.05) is 0 Å². The minimum absolute atomic E-state index is 0.0741. The molecule has 1 aromatic carbocycles. The summed E-state index contributed by atoms with van der Waals surface area (Å²) in [5.41, 5.74) is 2.95. The van der Waals surface area contributed by atoms with Gasteiger partial charge in [0.1, 0.15) is 5.69 Å². The van der Waals surface area contributed by atoms with E-state index in [0.717, 1.165) is 0 Å². The zero-order valence-electron chi connectivity index (χ0n) is 10.6. The molecule has 0 spiro atoms. The van der Waals surface area contributed by atoms with Gasteiger partial charge >= 0.3 is 0 Å². The number of amides is 1. The van der Waals surface area contributed by atoms with Crippen molar-refractivity contribution in [1.82, 2.24) is 10.4 Å². The third-order valence-corrected chi connectivity index (χ3v) is 3.11. The molecule has 0 atom stereocenters. The molecule has 0 saturated heterocycles. The Kier molecular flexibility index (Phi) is 4.72. The standard InChI is InChI=1S/C13H9BrN4O3/c14-10-5-4-9(7-12(10)18(20)21)8-16-17-13(19)11-3-1-2-6-15-11/h1-8H,(H,17,19)/b16-8-. The molecule has 21 heavy (non-hydrogen) atoms. The number of nitrogens with one attached hydrogen (secondary N) is 1. The van der Waals surface area contributed by atoms with E-state index in [-0.39, 0.29) is 11.4 Å². The Morgan fingerprint density at radius 2 is 2.19 bits per heavy atom. The molecule has 0 aliphatic carbocycles. The van der Waals surface area contributed by atoms with E-state index in [0.29, 0.717) is 10.0 Å². The fraction of sp³-hybridized carbons (Fsp3) is 0. The van der Waals surface area contributed by atoms with Gasteiger partial charge in [-0.25, -0.2) is 5.43 Å². The maximum absolute atomic E-state index is 11.7. The van der Waals surface area contributed by atoms with Crippen molar-refractivity contribution in [3.63, 3.8) is 0 Å². The predicted octanol–water partition coefficient (Wildman–Crippen LogP) is 2.52. The molecule has 1 heterocycles. The summed E-state index contributed by atoms with van der Waals surface area (Å²) < 4.78 is 0.377. The Morgan fingerprint density at radius 1 is 1.38 bits per heavy atom. The zero-order chi connectivity index (χ0) is 15.2. The maximum Gasteiger partial charge on any atom is 0.289 e. The van der Waals surface area contributed by atoms with Crippen LogP contribution in [0.2, 0.25) is 0 Å². The van der Waals surface area contributed by atoms with Crippen molar-refractivity contribution < 1.29 is 9.72 Å². The van der Waals surface area contributed by atoms with E-state index in [1.54, 1.807) is 30.3 Å². The average molecular weight is 349 g/mol. The van der Waals surface area contributed by atoms with Gasteiger partial charge < -0.3 is 0 Å². The molecule has 2 rings (SSSR count). The minimum atomic E-state index is -0.506. The van der Waals surface area contributed by atoms with Gasteiger partial charge in [-0.3, -0.25) is 19.9 Å².